The maximum Gasteiger partial charge on any atom is 2.00 e. The van der Waals surface area contributed by atoms with E-state index in [1.54, 1.807) is 0 Å². The topological polar surface area (TPSA) is 62.9 Å². The number of para-hydroxylation sites is 3. The second kappa shape index (κ2) is 14.1. The third kappa shape index (κ3) is 6.10. The molecule has 6 nitrogen and oxygen atoms in total. The van der Waals surface area contributed by atoms with Gasteiger partial charge in [0.25, 0.3) is 0 Å². The Balaban J connectivity index is 0.00000444. The van der Waals surface area contributed by atoms with Crippen LogP contribution in [0.1, 0.15) is 52.7 Å². The summed E-state index contributed by atoms with van der Waals surface area (Å²) in [6, 6.07) is 55.7. The predicted molar refractivity (Wildman–Crippen MR) is 256 cm³/mol. The van der Waals surface area contributed by atoms with Crippen LogP contribution in [-0.4, -0.2) is 19.1 Å². The zero-order chi connectivity index (χ0) is 42.1. The number of hydrogen-bond acceptors (Lipinski definition) is 3. The first kappa shape index (κ1) is 39.1. The molecular formula is C56H43N5OPt. The van der Waals surface area contributed by atoms with E-state index in [2.05, 4.69) is 178 Å². The van der Waals surface area contributed by atoms with Gasteiger partial charge in [0.05, 0.1) is 11.0 Å². The summed E-state index contributed by atoms with van der Waals surface area (Å²) in [4.78, 5) is 15.8. The average molecular weight is 997 g/mol. The summed E-state index contributed by atoms with van der Waals surface area (Å²) in [5.74, 6) is 1.67. The molecule has 0 saturated carbocycles. The molecule has 7 heteroatoms. The summed E-state index contributed by atoms with van der Waals surface area (Å²) < 4.78 is 11.0. The monoisotopic (exact) mass is 996 g/mol. The fraction of sp³-hybridized carbons (Fsp3) is 0.143. The Hall–Kier alpha value is -6.75. The number of hydrogen-bond donors (Lipinski definition) is 0. The Morgan fingerprint density at radius 1 is 0.556 bits per heavy atom. The first-order chi connectivity index (χ1) is 30.0. The van der Waals surface area contributed by atoms with E-state index in [-0.39, 0.29) is 31.9 Å². The van der Waals surface area contributed by atoms with Crippen molar-refractivity contribution in [1.29, 1.82) is 0 Å². The molecule has 0 bridgehead atoms. The van der Waals surface area contributed by atoms with E-state index in [0.717, 1.165) is 111 Å². The van der Waals surface area contributed by atoms with Crippen LogP contribution in [0.25, 0.3) is 111 Å². The molecule has 0 aliphatic heterocycles. The standard InChI is InChI=1S/C56H43N5O.Pt/c1-55(2,3)34-15-13-16-36(28-34)60-48-30-35(56(4,5)6)29-42(53(48)59-54(60)41-20-14-19-40-37-17-7-9-21-45(37)58-52(40)41)33-24-25-38-43-31-44-39-18-8-10-22-49(39)62-50(44)32-47(43)61(46(38)27-33)51-23-11-12-26-57-51;/h7-26,28-32H,1-6H3;/q-2;+2. The van der Waals surface area contributed by atoms with Gasteiger partial charge in [-0.25, -0.2) is 9.97 Å². The maximum atomic E-state index is 6.43. The van der Waals surface area contributed by atoms with Gasteiger partial charge in [-0.15, -0.1) is 34.8 Å². The van der Waals surface area contributed by atoms with Crippen molar-refractivity contribution in [2.45, 2.75) is 52.4 Å². The summed E-state index contributed by atoms with van der Waals surface area (Å²) in [5, 5.41) is 6.67. The van der Waals surface area contributed by atoms with Gasteiger partial charge >= 0.3 is 21.1 Å². The molecule has 0 aliphatic rings. The SMILES string of the molecule is CC(C)(C)c1cccc(-n2c(-c3cccc4c3[n-]c3ccccc34)nc3c(-c4[c-]c5c(cc4)c4cc6c(cc4n5-c4ccccn4)oc4ccccc46)cc(C(C)(C)C)cc32)c1.[Pt+2]. The summed E-state index contributed by atoms with van der Waals surface area (Å²) in [5.41, 5.74) is 13.8. The molecule has 308 valence electrons. The maximum absolute atomic E-state index is 6.43. The molecule has 0 spiro atoms. The second-order valence-electron chi connectivity index (χ2n) is 18.7. The zero-order valence-electron chi connectivity index (χ0n) is 35.9. The minimum Gasteiger partial charge on any atom is -0.656 e. The number of fused-ring (bicyclic) bond motifs is 10. The van der Waals surface area contributed by atoms with Crippen LogP contribution in [0.2, 0.25) is 0 Å². The van der Waals surface area contributed by atoms with Crippen molar-refractivity contribution in [3.8, 4) is 34.0 Å². The van der Waals surface area contributed by atoms with Crippen molar-refractivity contribution in [3.63, 3.8) is 0 Å². The van der Waals surface area contributed by atoms with Gasteiger partial charge in [0.15, 0.2) is 0 Å². The molecule has 0 atom stereocenters. The van der Waals surface area contributed by atoms with Crippen LogP contribution in [0.15, 0.2) is 156 Å². The molecule has 0 amide bonds. The molecule has 7 aromatic carbocycles. The summed E-state index contributed by atoms with van der Waals surface area (Å²) in [6.07, 6.45) is 1.85. The minimum atomic E-state index is -0.166. The molecule has 5 heterocycles. The number of rotatable bonds is 4. The van der Waals surface area contributed by atoms with Crippen LogP contribution in [0, 0.1) is 6.07 Å². The number of pyridine rings is 1. The van der Waals surface area contributed by atoms with E-state index in [4.69, 9.17) is 19.4 Å². The van der Waals surface area contributed by atoms with Crippen molar-refractivity contribution in [2.75, 3.05) is 0 Å². The molecule has 0 aliphatic carbocycles. The minimum absolute atomic E-state index is 0. The van der Waals surface area contributed by atoms with Crippen LogP contribution in [0.3, 0.4) is 0 Å². The third-order valence-corrected chi connectivity index (χ3v) is 12.6. The fourth-order valence-corrected chi connectivity index (χ4v) is 9.39. The van der Waals surface area contributed by atoms with Gasteiger partial charge in [-0.2, -0.15) is 0 Å². The van der Waals surface area contributed by atoms with Crippen molar-refractivity contribution in [2.24, 2.45) is 0 Å². The van der Waals surface area contributed by atoms with Gasteiger partial charge in [0.1, 0.15) is 22.8 Å². The van der Waals surface area contributed by atoms with E-state index in [0.29, 0.717) is 0 Å². The van der Waals surface area contributed by atoms with Crippen LogP contribution in [-0.2, 0) is 31.9 Å². The largest absolute Gasteiger partial charge is 2.00 e. The van der Waals surface area contributed by atoms with E-state index >= 15 is 0 Å². The molecule has 0 radical (unpaired) electrons. The molecule has 63 heavy (non-hydrogen) atoms. The van der Waals surface area contributed by atoms with Crippen molar-refractivity contribution < 1.29 is 25.5 Å². The Labute approximate surface area is 379 Å². The molecule has 12 aromatic rings. The number of imidazole rings is 1. The van der Waals surface area contributed by atoms with E-state index in [1.807, 2.05) is 30.5 Å². The number of aromatic nitrogens is 5. The van der Waals surface area contributed by atoms with Crippen molar-refractivity contribution >= 4 is 76.6 Å². The van der Waals surface area contributed by atoms with Crippen molar-refractivity contribution in [3.05, 3.63) is 169 Å². The molecule has 12 rings (SSSR count). The molecule has 0 saturated heterocycles. The molecular weight excluding hydrogens is 954 g/mol. The first-order valence-electron chi connectivity index (χ1n) is 21.4. The normalized spacial score (nSPS) is 12.5. The zero-order valence-corrected chi connectivity index (χ0v) is 38.2. The Morgan fingerprint density at radius 2 is 1.32 bits per heavy atom. The van der Waals surface area contributed by atoms with Gasteiger partial charge in [-0.05, 0) is 86.1 Å². The molecule has 0 unspecified atom stereocenters. The van der Waals surface area contributed by atoms with Crippen LogP contribution >= 0.6 is 0 Å². The first-order valence-corrected chi connectivity index (χ1v) is 21.4. The number of nitrogens with zero attached hydrogens (tertiary/aromatic N) is 5. The quantitative estimate of drug-likeness (QED) is 0.165. The molecule has 0 fully saturated rings. The van der Waals surface area contributed by atoms with Crippen LogP contribution in [0.5, 0.6) is 0 Å². The van der Waals surface area contributed by atoms with Gasteiger partial charge in [0, 0.05) is 39.8 Å². The number of benzene rings is 7. The molecule has 0 N–H and O–H groups in total. The van der Waals surface area contributed by atoms with E-state index in [1.165, 1.54) is 11.1 Å². The van der Waals surface area contributed by atoms with Crippen LogP contribution < -0.4 is 4.98 Å². The Bertz CT molecular complexity index is 3780. The van der Waals surface area contributed by atoms with Crippen molar-refractivity contribution in [1.82, 2.24) is 24.1 Å². The van der Waals surface area contributed by atoms with E-state index < -0.39 is 0 Å². The third-order valence-electron chi connectivity index (χ3n) is 12.6. The summed E-state index contributed by atoms with van der Waals surface area (Å²) >= 11 is 0. The Morgan fingerprint density at radius 3 is 2.13 bits per heavy atom. The fourth-order valence-electron chi connectivity index (χ4n) is 9.39. The second-order valence-corrected chi connectivity index (χ2v) is 18.7. The smallest absolute Gasteiger partial charge is 0.656 e. The number of furan rings is 1. The van der Waals surface area contributed by atoms with Crippen LogP contribution in [0.4, 0.5) is 0 Å². The van der Waals surface area contributed by atoms with E-state index in [9.17, 15) is 0 Å². The summed E-state index contributed by atoms with van der Waals surface area (Å²) in [6.45, 7) is 13.7. The van der Waals surface area contributed by atoms with Gasteiger partial charge in [0.2, 0.25) is 0 Å². The predicted octanol–water partition coefficient (Wildman–Crippen LogP) is 14.4. The molecule has 5 aromatic heterocycles. The van der Waals surface area contributed by atoms with Gasteiger partial charge in [-0.1, -0.05) is 137 Å². The summed E-state index contributed by atoms with van der Waals surface area (Å²) in [7, 11) is 0. The average Bonchev–Trinajstić information content (AvgIpc) is 4.03. The Kier molecular flexibility index (Phi) is 8.78. The van der Waals surface area contributed by atoms with Gasteiger partial charge < -0.3 is 14.0 Å². The van der Waals surface area contributed by atoms with Gasteiger partial charge in [-0.3, -0.25) is 4.57 Å².